The third-order valence-corrected chi connectivity index (χ3v) is 5.19. The number of para-hydroxylation sites is 2. The van der Waals surface area contributed by atoms with Gasteiger partial charge in [0.25, 0.3) is 0 Å². The summed E-state index contributed by atoms with van der Waals surface area (Å²) in [7, 11) is 1.88. The van der Waals surface area contributed by atoms with Crippen molar-refractivity contribution in [3.63, 3.8) is 0 Å². The molecule has 4 rings (SSSR count). The molecule has 136 valence electrons. The van der Waals surface area contributed by atoms with Gasteiger partial charge >= 0.3 is 5.69 Å². The molecular formula is C19H23N5O2. The Balaban J connectivity index is 1.38. The smallest absolute Gasteiger partial charge is 0.326 e. The van der Waals surface area contributed by atoms with Crippen LogP contribution in [0, 0.1) is 0 Å². The van der Waals surface area contributed by atoms with Crippen molar-refractivity contribution in [2.45, 2.75) is 31.7 Å². The first-order valence-electron chi connectivity index (χ1n) is 9.06. The number of rotatable bonds is 4. The van der Waals surface area contributed by atoms with Crippen LogP contribution in [0.3, 0.4) is 0 Å². The quantitative estimate of drug-likeness (QED) is 0.778. The van der Waals surface area contributed by atoms with Crippen LogP contribution in [0.5, 0.6) is 0 Å². The summed E-state index contributed by atoms with van der Waals surface area (Å²) in [6.07, 6.45) is 6.59. The predicted molar refractivity (Wildman–Crippen MR) is 98.9 cm³/mol. The number of nitrogens with zero attached hydrogens (tertiary/aromatic N) is 4. The molecule has 1 aliphatic rings. The molecule has 0 atom stereocenters. The Morgan fingerprint density at radius 1 is 1.27 bits per heavy atom. The lowest BCUT2D eigenvalue weighted by Gasteiger charge is -2.32. The van der Waals surface area contributed by atoms with E-state index in [1.807, 2.05) is 53.2 Å². The molecule has 2 aromatic heterocycles. The molecule has 3 aromatic rings. The van der Waals surface area contributed by atoms with Crippen LogP contribution < -0.4 is 5.69 Å². The van der Waals surface area contributed by atoms with Crippen LogP contribution in [-0.4, -0.2) is 43.2 Å². The van der Waals surface area contributed by atoms with Crippen LogP contribution in [0.1, 0.15) is 30.9 Å². The Bertz CT molecular complexity index is 975. The summed E-state index contributed by atoms with van der Waals surface area (Å²) < 4.78 is 3.61. The second-order valence-electron chi connectivity index (χ2n) is 6.95. The van der Waals surface area contributed by atoms with Gasteiger partial charge in [-0.15, -0.1) is 0 Å². The Morgan fingerprint density at radius 2 is 2.04 bits per heavy atom. The third-order valence-electron chi connectivity index (χ3n) is 5.19. The minimum absolute atomic E-state index is 0.0624. The summed E-state index contributed by atoms with van der Waals surface area (Å²) in [5, 5.41) is 4.14. The van der Waals surface area contributed by atoms with Crippen LogP contribution >= 0.6 is 0 Å². The highest BCUT2D eigenvalue weighted by molar-refractivity contribution is 5.77. The zero-order valence-electron chi connectivity index (χ0n) is 14.9. The zero-order valence-corrected chi connectivity index (χ0v) is 14.9. The van der Waals surface area contributed by atoms with E-state index in [2.05, 4.69) is 10.1 Å². The van der Waals surface area contributed by atoms with Crippen molar-refractivity contribution in [2.75, 3.05) is 13.1 Å². The maximum absolute atomic E-state index is 12.5. The van der Waals surface area contributed by atoms with Gasteiger partial charge in [0.05, 0.1) is 17.2 Å². The Hall–Kier alpha value is -2.83. The van der Waals surface area contributed by atoms with Gasteiger partial charge in [0.2, 0.25) is 5.91 Å². The van der Waals surface area contributed by atoms with Gasteiger partial charge in [0, 0.05) is 38.8 Å². The van der Waals surface area contributed by atoms with Gasteiger partial charge in [-0.1, -0.05) is 12.1 Å². The molecule has 1 aromatic carbocycles. The number of aromatic nitrogens is 4. The molecular weight excluding hydrogens is 330 g/mol. The predicted octanol–water partition coefficient (Wildman–Crippen LogP) is 1.86. The second-order valence-corrected chi connectivity index (χ2v) is 6.95. The maximum atomic E-state index is 12.5. The van der Waals surface area contributed by atoms with E-state index >= 15 is 0 Å². The van der Waals surface area contributed by atoms with Crippen molar-refractivity contribution >= 4 is 16.9 Å². The first-order valence-corrected chi connectivity index (χ1v) is 9.06. The summed E-state index contributed by atoms with van der Waals surface area (Å²) in [6.45, 7) is 1.39. The Kier molecular flexibility index (Phi) is 4.36. The first-order chi connectivity index (χ1) is 12.6. The van der Waals surface area contributed by atoms with Crippen LogP contribution in [-0.2, 0) is 18.3 Å². The molecule has 0 radical (unpaired) electrons. The molecule has 1 amide bonds. The molecule has 26 heavy (non-hydrogen) atoms. The van der Waals surface area contributed by atoms with Crippen LogP contribution in [0.15, 0.2) is 41.5 Å². The lowest BCUT2D eigenvalue weighted by molar-refractivity contribution is -0.132. The van der Waals surface area contributed by atoms with Gasteiger partial charge in [-0.25, -0.2) is 4.79 Å². The topological polar surface area (TPSA) is 75.9 Å². The SMILES string of the molecule is Cn1cc(CCC(=O)N2CCC(n3c(=O)[nH]c4ccccc43)CC2)cn1. The molecule has 0 unspecified atom stereocenters. The molecule has 7 heteroatoms. The maximum Gasteiger partial charge on any atom is 0.326 e. The molecule has 0 aliphatic carbocycles. The highest BCUT2D eigenvalue weighted by Crippen LogP contribution is 2.25. The van der Waals surface area contributed by atoms with Gasteiger partial charge in [0.15, 0.2) is 0 Å². The molecule has 1 N–H and O–H groups in total. The number of nitrogens with one attached hydrogen (secondary N) is 1. The molecule has 0 saturated carbocycles. The number of aryl methyl sites for hydroxylation is 2. The van der Waals surface area contributed by atoms with Gasteiger partial charge in [-0.05, 0) is 37.0 Å². The fourth-order valence-electron chi connectivity index (χ4n) is 3.82. The highest BCUT2D eigenvalue weighted by Gasteiger charge is 2.25. The van der Waals surface area contributed by atoms with E-state index in [-0.39, 0.29) is 17.6 Å². The summed E-state index contributed by atoms with van der Waals surface area (Å²) >= 11 is 0. The lowest BCUT2D eigenvalue weighted by Crippen LogP contribution is -2.40. The molecule has 1 aliphatic heterocycles. The van der Waals surface area contributed by atoms with Crippen molar-refractivity contribution in [2.24, 2.45) is 7.05 Å². The minimum atomic E-state index is -0.0624. The summed E-state index contributed by atoms with van der Waals surface area (Å²) in [5.74, 6) is 0.179. The van der Waals surface area contributed by atoms with E-state index in [4.69, 9.17) is 0 Å². The van der Waals surface area contributed by atoms with E-state index in [1.54, 1.807) is 4.68 Å². The number of aromatic amines is 1. The number of piperidine rings is 1. The fraction of sp³-hybridized carbons (Fsp3) is 0.421. The normalized spacial score (nSPS) is 15.7. The average Bonchev–Trinajstić information content (AvgIpc) is 3.22. The Labute approximate surface area is 151 Å². The van der Waals surface area contributed by atoms with Crippen LogP contribution in [0.2, 0.25) is 0 Å². The van der Waals surface area contributed by atoms with Crippen molar-refractivity contribution in [1.82, 2.24) is 24.2 Å². The highest BCUT2D eigenvalue weighted by atomic mass is 16.2. The number of amides is 1. The number of fused-ring (bicyclic) bond motifs is 1. The monoisotopic (exact) mass is 353 g/mol. The summed E-state index contributed by atoms with van der Waals surface area (Å²) in [4.78, 5) is 29.6. The van der Waals surface area contributed by atoms with Gasteiger partial charge in [-0.2, -0.15) is 5.10 Å². The van der Waals surface area contributed by atoms with E-state index < -0.39 is 0 Å². The van der Waals surface area contributed by atoms with Gasteiger partial charge in [0.1, 0.15) is 0 Å². The van der Waals surface area contributed by atoms with Gasteiger partial charge < -0.3 is 9.88 Å². The van der Waals surface area contributed by atoms with Crippen molar-refractivity contribution in [3.05, 3.63) is 52.7 Å². The molecule has 0 bridgehead atoms. The largest absolute Gasteiger partial charge is 0.343 e. The van der Waals surface area contributed by atoms with E-state index in [0.717, 1.165) is 29.4 Å². The molecule has 7 nitrogen and oxygen atoms in total. The number of carbonyl (C=O) groups excluding carboxylic acids is 1. The van der Waals surface area contributed by atoms with Crippen molar-refractivity contribution < 1.29 is 4.79 Å². The third kappa shape index (κ3) is 3.16. The Morgan fingerprint density at radius 3 is 2.77 bits per heavy atom. The second kappa shape index (κ2) is 6.82. The molecule has 1 fully saturated rings. The van der Waals surface area contributed by atoms with E-state index in [0.29, 0.717) is 25.9 Å². The minimum Gasteiger partial charge on any atom is -0.343 e. The molecule has 1 saturated heterocycles. The van der Waals surface area contributed by atoms with Gasteiger partial charge in [-0.3, -0.25) is 14.0 Å². The van der Waals surface area contributed by atoms with Crippen LogP contribution in [0.4, 0.5) is 0 Å². The van der Waals surface area contributed by atoms with Crippen molar-refractivity contribution in [3.8, 4) is 0 Å². The first kappa shape index (κ1) is 16.6. The number of likely N-dealkylation sites (tertiary alicyclic amines) is 1. The zero-order chi connectivity index (χ0) is 18.1. The lowest BCUT2D eigenvalue weighted by atomic mass is 10.0. The van der Waals surface area contributed by atoms with Crippen LogP contribution in [0.25, 0.3) is 11.0 Å². The number of hydrogen-bond donors (Lipinski definition) is 1. The fourth-order valence-corrected chi connectivity index (χ4v) is 3.82. The average molecular weight is 353 g/mol. The number of hydrogen-bond acceptors (Lipinski definition) is 3. The van der Waals surface area contributed by atoms with E-state index in [1.165, 1.54) is 0 Å². The molecule has 0 spiro atoms. The molecule has 3 heterocycles. The number of imidazole rings is 1. The summed E-state index contributed by atoms with van der Waals surface area (Å²) in [5.41, 5.74) is 2.83. The number of H-pyrrole nitrogens is 1. The number of carbonyl (C=O) groups is 1. The van der Waals surface area contributed by atoms with Crippen molar-refractivity contribution in [1.29, 1.82) is 0 Å². The standard InChI is InChI=1S/C19H23N5O2/c1-22-13-14(12-20-22)6-7-18(25)23-10-8-15(9-11-23)24-17-5-3-2-4-16(17)21-19(24)26/h2-5,12-13,15H,6-11H2,1H3,(H,21,26). The van der Waals surface area contributed by atoms with E-state index in [9.17, 15) is 9.59 Å². The summed E-state index contributed by atoms with van der Waals surface area (Å²) in [6, 6.07) is 7.90. The number of benzene rings is 1.